The Morgan fingerprint density at radius 2 is 2.12 bits per heavy atom. The summed E-state index contributed by atoms with van der Waals surface area (Å²) in [6, 6.07) is 4.02. The lowest BCUT2D eigenvalue weighted by Gasteiger charge is -2.14. The number of ether oxygens (including phenoxy) is 1. The number of amides is 1. The molecule has 1 aromatic carbocycles. The molecule has 1 rings (SSSR count). The van der Waals surface area contributed by atoms with Gasteiger partial charge in [0, 0.05) is 24.7 Å². The number of hydrogen-bond donors (Lipinski definition) is 2. The predicted octanol–water partition coefficient (Wildman–Crippen LogP) is 1.36. The molecule has 0 fully saturated rings. The highest BCUT2D eigenvalue weighted by Crippen LogP contribution is 2.21. The maximum absolute atomic E-state index is 13.6. The Hall–Kier alpha value is -1.62. The van der Waals surface area contributed by atoms with Crippen molar-refractivity contribution in [2.24, 2.45) is 5.73 Å². The third-order valence-corrected chi connectivity index (χ3v) is 2.39. The zero-order valence-electron chi connectivity index (χ0n) is 10.2. The molecular weight excluding hydrogens is 223 g/mol. The van der Waals surface area contributed by atoms with Gasteiger partial charge in [-0.3, -0.25) is 4.79 Å². The number of nitrogens with one attached hydrogen (secondary N) is 1. The molecule has 0 bridgehead atoms. The molecule has 0 saturated carbocycles. The number of benzene rings is 1. The molecule has 3 N–H and O–H groups in total. The van der Waals surface area contributed by atoms with Crippen LogP contribution in [0.1, 0.15) is 25.5 Å². The monoisotopic (exact) mass is 240 g/mol. The Kier molecular flexibility index (Phi) is 4.45. The molecule has 0 saturated heterocycles. The maximum atomic E-state index is 13.6. The van der Waals surface area contributed by atoms with Crippen LogP contribution < -0.4 is 15.8 Å². The minimum absolute atomic E-state index is 0.262. The average molecular weight is 240 g/mol. The molecule has 0 heterocycles. The SMILES string of the molecule is CNC(=O)C(C)Oc1ccc([C@@H](C)N)c(F)c1. The van der Waals surface area contributed by atoms with E-state index in [-0.39, 0.29) is 11.9 Å². The van der Waals surface area contributed by atoms with Gasteiger partial charge in [-0.1, -0.05) is 6.07 Å². The fraction of sp³-hybridized carbons (Fsp3) is 0.417. The Balaban J connectivity index is 2.81. The Labute approximate surface area is 100.0 Å². The lowest BCUT2D eigenvalue weighted by Crippen LogP contribution is -2.33. The van der Waals surface area contributed by atoms with E-state index in [1.165, 1.54) is 13.1 Å². The highest BCUT2D eigenvalue weighted by atomic mass is 19.1. The van der Waals surface area contributed by atoms with Crippen LogP contribution >= 0.6 is 0 Å². The summed E-state index contributed by atoms with van der Waals surface area (Å²) in [4.78, 5) is 11.2. The number of rotatable bonds is 4. The van der Waals surface area contributed by atoms with E-state index in [1.54, 1.807) is 26.0 Å². The number of halogens is 1. The molecular formula is C12H17FN2O2. The van der Waals surface area contributed by atoms with Crippen LogP contribution in [0.4, 0.5) is 4.39 Å². The normalized spacial score (nSPS) is 13.9. The molecule has 1 aromatic rings. The van der Waals surface area contributed by atoms with Gasteiger partial charge in [-0.25, -0.2) is 4.39 Å². The maximum Gasteiger partial charge on any atom is 0.260 e. The standard InChI is InChI=1S/C12H17FN2O2/c1-7(14)10-5-4-9(6-11(10)13)17-8(2)12(16)15-3/h4-8H,14H2,1-3H3,(H,15,16)/t7-,8?/m1/s1. The van der Waals surface area contributed by atoms with Crippen molar-refractivity contribution >= 4 is 5.91 Å². The largest absolute Gasteiger partial charge is 0.481 e. The summed E-state index contributed by atoms with van der Waals surface area (Å²) >= 11 is 0. The van der Waals surface area contributed by atoms with Crippen LogP contribution in [0.25, 0.3) is 0 Å². The average Bonchev–Trinajstić information content (AvgIpc) is 2.27. The van der Waals surface area contributed by atoms with E-state index >= 15 is 0 Å². The first-order valence-electron chi connectivity index (χ1n) is 5.39. The molecule has 1 amide bonds. The second kappa shape index (κ2) is 5.63. The van der Waals surface area contributed by atoms with Crippen molar-refractivity contribution in [1.29, 1.82) is 0 Å². The van der Waals surface area contributed by atoms with Crippen molar-refractivity contribution in [3.63, 3.8) is 0 Å². The zero-order chi connectivity index (χ0) is 13.0. The van der Waals surface area contributed by atoms with Crippen LogP contribution in [0, 0.1) is 5.82 Å². The smallest absolute Gasteiger partial charge is 0.260 e. The highest BCUT2D eigenvalue weighted by Gasteiger charge is 2.14. The first-order chi connectivity index (χ1) is 7.95. The third-order valence-electron chi connectivity index (χ3n) is 2.39. The molecule has 17 heavy (non-hydrogen) atoms. The summed E-state index contributed by atoms with van der Waals surface area (Å²) in [5.74, 6) is -0.383. The molecule has 2 atom stereocenters. The highest BCUT2D eigenvalue weighted by molar-refractivity contribution is 5.80. The predicted molar refractivity (Wildman–Crippen MR) is 63.2 cm³/mol. The van der Waals surface area contributed by atoms with E-state index < -0.39 is 11.9 Å². The summed E-state index contributed by atoms with van der Waals surface area (Å²) in [7, 11) is 1.52. The lowest BCUT2D eigenvalue weighted by atomic mass is 10.1. The van der Waals surface area contributed by atoms with Gasteiger partial charge in [0.1, 0.15) is 11.6 Å². The van der Waals surface area contributed by atoms with E-state index in [0.717, 1.165) is 0 Å². The van der Waals surface area contributed by atoms with Crippen molar-refractivity contribution in [2.75, 3.05) is 7.05 Å². The molecule has 5 heteroatoms. The van der Waals surface area contributed by atoms with Crippen molar-refractivity contribution in [1.82, 2.24) is 5.32 Å². The summed E-state index contributed by atoms with van der Waals surface area (Å²) < 4.78 is 18.9. The van der Waals surface area contributed by atoms with Gasteiger partial charge in [-0.15, -0.1) is 0 Å². The van der Waals surface area contributed by atoms with Crippen LogP contribution in [0.5, 0.6) is 5.75 Å². The Morgan fingerprint density at radius 1 is 1.47 bits per heavy atom. The Bertz CT molecular complexity index is 407. The summed E-state index contributed by atoms with van der Waals surface area (Å²) in [6.07, 6.45) is -0.666. The second-order valence-electron chi connectivity index (χ2n) is 3.85. The second-order valence-corrected chi connectivity index (χ2v) is 3.85. The number of nitrogens with two attached hydrogens (primary N) is 1. The molecule has 0 aliphatic carbocycles. The van der Waals surface area contributed by atoms with Gasteiger partial charge in [-0.2, -0.15) is 0 Å². The number of carbonyl (C=O) groups excluding carboxylic acids is 1. The van der Waals surface area contributed by atoms with Crippen molar-refractivity contribution < 1.29 is 13.9 Å². The fourth-order valence-corrected chi connectivity index (χ4v) is 1.41. The lowest BCUT2D eigenvalue weighted by molar-refractivity contribution is -0.126. The summed E-state index contributed by atoms with van der Waals surface area (Å²) in [6.45, 7) is 3.29. The van der Waals surface area contributed by atoms with Crippen LogP contribution in [-0.2, 0) is 4.79 Å². The van der Waals surface area contributed by atoms with Gasteiger partial charge in [0.25, 0.3) is 5.91 Å². The van der Waals surface area contributed by atoms with Gasteiger partial charge in [0.15, 0.2) is 6.10 Å². The topological polar surface area (TPSA) is 64.3 Å². The number of carbonyl (C=O) groups is 1. The first-order valence-corrected chi connectivity index (χ1v) is 5.39. The number of hydrogen-bond acceptors (Lipinski definition) is 3. The van der Waals surface area contributed by atoms with E-state index in [1.807, 2.05) is 0 Å². The van der Waals surface area contributed by atoms with Crippen LogP contribution in [0.2, 0.25) is 0 Å². The third kappa shape index (κ3) is 3.42. The van der Waals surface area contributed by atoms with Gasteiger partial charge in [-0.05, 0) is 19.9 Å². The van der Waals surface area contributed by atoms with E-state index in [9.17, 15) is 9.18 Å². The van der Waals surface area contributed by atoms with Crippen LogP contribution in [-0.4, -0.2) is 19.1 Å². The molecule has 0 spiro atoms. The minimum atomic E-state index is -0.666. The Morgan fingerprint density at radius 3 is 2.59 bits per heavy atom. The van der Waals surface area contributed by atoms with Gasteiger partial charge in [0.05, 0.1) is 0 Å². The minimum Gasteiger partial charge on any atom is -0.481 e. The van der Waals surface area contributed by atoms with Gasteiger partial charge in [0.2, 0.25) is 0 Å². The van der Waals surface area contributed by atoms with Crippen molar-refractivity contribution in [2.45, 2.75) is 26.0 Å². The first kappa shape index (κ1) is 13.4. The number of likely N-dealkylation sites (N-methyl/N-ethyl adjacent to an activating group) is 1. The molecule has 0 aliphatic heterocycles. The van der Waals surface area contributed by atoms with E-state index in [4.69, 9.17) is 10.5 Å². The van der Waals surface area contributed by atoms with E-state index in [2.05, 4.69) is 5.32 Å². The van der Waals surface area contributed by atoms with Crippen LogP contribution in [0.15, 0.2) is 18.2 Å². The zero-order valence-corrected chi connectivity index (χ0v) is 10.2. The van der Waals surface area contributed by atoms with Crippen LogP contribution in [0.3, 0.4) is 0 Å². The molecule has 4 nitrogen and oxygen atoms in total. The molecule has 94 valence electrons. The quantitative estimate of drug-likeness (QED) is 0.835. The molecule has 1 unspecified atom stereocenters. The van der Waals surface area contributed by atoms with Gasteiger partial charge >= 0.3 is 0 Å². The summed E-state index contributed by atoms with van der Waals surface area (Å²) in [5, 5.41) is 2.45. The molecule has 0 aliphatic rings. The van der Waals surface area contributed by atoms with Gasteiger partial charge < -0.3 is 15.8 Å². The van der Waals surface area contributed by atoms with E-state index in [0.29, 0.717) is 11.3 Å². The fourth-order valence-electron chi connectivity index (χ4n) is 1.41. The van der Waals surface area contributed by atoms with Crippen molar-refractivity contribution in [3.8, 4) is 5.75 Å². The van der Waals surface area contributed by atoms with Crippen molar-refractivity contribution in [3.05, 3.63) is 29.6 Å². The molecule has 0 radical (unpaired) electrons. The summed E-state index contributed by atoms with van der Waals surface area (Å²) in [5.41, 5.74) is 6.01. The molecule has 0 aromatic heterocycles.